The molecule has 1 aliphatic rings. The maximum atomic E-state index is 14.5. The molecule has 162 valence electrons. The van der Waals surface area contributed by atoms with Crippen molar-refractivity contribution >= 4 is 17.3 Å². The third-order valence-corrected chi connectivity index (χ3v) is 4.98. The van der Waals surface area contributed by atoms with E-state index in [0.29, 0.717) is 18.7 Å². The van der Waals surface area contributed by atoms with E-state index in [1.54, 1.807) is 13.0 Å². The normalized spacial score (nSPS) is 15.1. The van der Waals surface area contributed by atoms with Crippen LogP contribution in [0, 0.1) is 24.4 Å². The lowest BCUT2D eigenvalue weighted by molar-refractivity contribution is -0.0784. The number of halogens is 3. The number of anilines is 2. The Morgan fingerprint density at radius 1 is 1.20 bits per heavy atom. The first-order valence-electron chi connectivity index (χ1n) is 9.68. The zero-order valence-corrected chi connectivity index (χ0v) is 16.6. The highest BCUT2D eigenvalue weighted by atomic mass is 19.2. The van der Waals surface area contributed by atoms with Crippen LogP contribution in [0.2, 0.25) is 0 Å². The Morgan fingerprint density at radius 2 is 1.93 bits per heavy atom. The predicted molar refractivity (Wildman–Crippen MR) is 108 cm³/mol. The first-order valence-corrected chi connectivity index (χ1v) is 9.68. The van der Waals surface area contributed by atoms with E-state index in [2.05, 4.69) is 10.6 Å². The van der Waals surface area contributed by atoms with Crippen LogP contribution in [0.5, 0.6) is 0 Å². The van der Waals surface area contributed by atoms with Gasteiger partial charge in [-0.1, -0.05) is 6.07 Å². The van der Waals surface area contributed by atoms with Gasteiger partial charge in [-0.25, -0.2) is 13.2 Å². The van der Waals surface area contributed by atoms with E-state index in [-0.39, 0.29) is 30.9 Å². The van der Waals surface area contributed by atoms with Crippen LogP contribution in [-0.2, 0) is 0 Å². The molecule has 30 heavy (non-hydrogen) atoms. The summed E-state index contributed by atoms with van der Waals surface area (Å²) in [7, 11) is 0. The van der Waals surface area contributed by atoms with Crippen molar-refractivity contribution in [2.75, 3.05) is 38.0 Å². The van der Waals surface area contributed by atoms with Crippen molar-refractivity contribution in [1.29, 1.82) is 0 Å². The Hall–Kier alpha value is -2.62. The van der Waals surface area contributed by atoms with Crippen molar-refractivity contribution in [3.8, 4) is 0 Å². The number of amides is 1. The molecule has 0 bridgehead atoms. The second-order valence-corrected chi connectivity index (χ2v) is 7.60. The lowest BCUT2D eigenvalue weighted by Gasteiger charge is -2.46. The Morgan fingerprint density at radius 3 is 2.60 bits per heavy atom. The molecular formula is C21H25F3N4O2. The highest BCUT2D eigenvalue weighted by Gasteiger charge is 2.44. The predicted octanol–water partition coefficient (Wildman–Crippen LogP) is 2.28. The molecule has 0 unspecified atom stereocenters. The van der Waals surface area contributed by atoms with Crippen LogP contribution in [0.15, 0.2) is 30.3 Å². The van der Waals surface area contributed by atoms with E-state index < -0.39 is 34.6 Å². The lowest BCUT2D eigenvalue weighted by atomic mass is 9.92. The number of β-amino-alcohol motifs (C(OH)–C–C–N with tert-alkyl or cyclic N) is 1. The van der Waals surface area contributed by atoms with E-state index >= 15 is 0 Å². The van der Waals surface area contributed by atoms with E-state index in [1.165, 1.54) is 17.0 Å². The third kappa shape index (κ3) is 4.75. The Balaban J connectivity index is 1.76. The number of likely N-dealkylation sites (tertiary alicyclic amines) is 1. The summed E-state index contributed by atoms with van der Waals surface area (Å²) >= 11 is 0. The summed E-state index contributed by atoms with van der Waals surface area (Å²) in [4.78, 5) is 14.2. The van der Waals surface area contributed by atoms with Gasteiger partial charge in [0.25, 0.3) is 5.91 Å². The second-order valence-electron chi connectivity index (χ2n) is 7.60. The lowest BCUT2D eigenvalue weighted by Crippen LogP contribution is -2.67. The van der Waals surface area contributed by atoms with Gasteiger partial charge >= 0.3 is 0 Å². The molecule has 5 N–H and O–H groups in total. The molecule has 0 aromatic heterocycles. The number of rotatable bonds is 8. The molecule has 2 aromatic carbocycles. The molecule has 1 saturated heterocycles. The number of hydrogen-bond donors (Lipinski definition) is 4. The maximum absolute atomic E-state index is 14.5. The average Bonchev–Trinajstić information content (AvgIpc) is 2.68. The van der Waals surface area contributed by atoms with Crippen molar-refractivity contribution in [3.05, 3.63) is 58.9 Å². The molecule has 0 spiro atoms. The van der Waals surface area contributed by atoms with Gasteiger partial charge < -0.3 is 26.4 Å². The zero-order valence-electron chi connectivity index (χ0n) is 16.6. The quantitative estimate of drug-likeness (QED) is 0.490. The minimum Gasteiger partial charge on any atom is -0.385 e. The van der Waals surface area contributed by atoms with Gasteiger partial charge in [0.15, 0.2) is 11.6 Å². The molecule has 1 aliphatic heterocycles. The van der Waals surface area contributed by atoms with Gasteiger partial charge in [0.05, 0.1) is 30.0 Å². The number of nitrogens with two attached hydrogens (primary N) is 1. The average molecular weight is 422 g/mol. The standard InChI is InChI=1S/C21H25F3N4O2/c1-13-3-6-17(16(23)9-13)27-19-14(4-5-15(22)18(19)24)20(29)28-11-21(30,12-28)10-26-8-2-7-25/h3-6,9,26-27,30H,2,7-8,10-12,25H2,1H3. The smallest absolute Gasteiger partial charge is 0.256 e. The van der Waals surface area contributed by atoms with E-state index in [0.717, 1.165) is 18.6 Å². The highest BCUT2D eigenvalue weighted by Crippen LogP contribution is 2.31. The topological polar surface area (TPSA) is 90.6 Å². The Labute approximate surface area is 172 Å². The maximum Gasteiger partial charge on any atom is 0.256 e. The SMILES string of the molecule is Cc1ccc(Nc2c(C(=O)N3CC(O)(CNCCCN)C3)ccc(F)c2F)c(F)c1. The molecule has 0 radical (unpaired) electrons. The molecule has 3 rings (SSSR count). The van der Waals surface area contributed by atoms with Gasteiger partial charge in [0, 0.05) is 6.54 Å². The Kier molecular flexibility index (Phi) is 6.64. The molecule has 1 amide bonds. The van der Waals surface area contributed by atoms with Crippen molar-refractivity contribution < 1.29 is 23.1 Å². The van der Waals surface area contributed by atoms with Crippen LogP contribution >= 0.6 is 0 Å². The van der Waals surface area contributed by atoms with E-state index in [9.17, 15) is 23.1 Å². The summed E-state index contributed by atoms with van der Waals surface area (Å²) in [6.07, 6.45) is 0.762. The van der Waals surface area contributed by atoms with Crippen molar-refractivity contribution in [1.82, 2.24) is 10.2 Å². The summed E-state index contributed by atoms with van der Waals surface area (Å²) in [6, 6.07) is 6.23. The van der Waals surface area contributed by atoms with Crippen LogP contribution < -0.4 is 16.4 Å². The number of benzene rings is 2. The van der Waals surface area contributed by atoms with Gasteiger partial charge in [0.2, 0.25) is 0 Å². The van der Waals surface area contributed by atoms with Crippen molar-refractivity contribution in [2.24, 2.45) is 5.73 Å². The van der Waals surface area contributed by atoms with Crippen LogP contribution in [0.1, 0.15) is 22.3 Å². The molecule has 1 heterocycles. The number of carbonyl (C=O) groups is 1. The number of carbonyl (C=O) groups excluding carboxylic acids is 1. The number of aliphatic hydroxyl groups is 1. The van der Waals surface area contributed by atoms with Crippen LogP contribution in [-0.4, -0.2) is 54.2 Å². The molecule has 6 nitrogen and oxygen atoms in total. The molecule has 9 heteroatoms. The zero-order chi connectivity index (χ0) is 21.9. The van der Waals surface area contributed by atoms with Crippen LogP contribution in [0.3, 0.4) is 0 Å². The highest BCUT2D eigenvalue weighted by molar-refractivity contribution is 6.01. The number of nitrogens with zero attached hydrogens (tertiary/aromatic N) is 1. The molecule has 0 atom stereocenters. The van der Waals surface area contributed by atoms with Crippen LogP contribution in [0.25, 0.3) is 0 Å². The van der Waals surface area contributed by atoms with E-state index in [4.69, 9.17) is 5.73 Å². The van der Waals surface area contributed by atoms with Crippen LogP contribution in [0.4, 0.5) is 24.5 Å². The molecule has 0 aliphatic carbocycles. The molecular weight excluding hydrogens is 397 g/mol. The Bertz CT molecular complexity index is 933. The van der Waals surface area contributed by atoms with Gasteiger partial charge in [0.1, 0.15) is 11.4 Å². The summed E-state index contributed by atoms with van der Waals surface area (Å²) < 4.78 is 42.5. The number of nitrogens with one attached hydrogen (secondary N) is 2. The first kappa shape index (κ1) is 22.1. The van der Waals surface area contributed by atoms with Gasteiger partial charge in [-0.2, -0.15) is 0 Å². The summed E-state index contributed by atoms with van der Waals surface area (Å²) in [5, 5.41) is 16.0. The molecule has 2 aromatic rings. The molecule has 1 fully saturated rings. The van der Waals surface area contributed by atoms with E-state index in [1.807, 2.05) is 0 Å². The first-order chi connectivity index (χ1) is 14.2. The largest absolute Gasteiger partial charge is 0.385 e. The summed E-state index contributed by atoms with van der Waals surface area (Å²) in [6.45, 7) is 3.24. The summed E-state index contributed by atoms with van der Waals surface area (Å²) in [5.41, 5.74) is 4.31. The number of aryl methyl sites for hydroxylation is 1. The fraction of sp³-hybridized carbons (Fsp3) is 0.381. The van der Waals surface area contributed by atoms with Gasteiger partial charge in [-0.3, -0.25) is 4.79 Å². The van der Waals surface area contributed by atoms with Gasteiger partial charge in [-0.05, 0) is 56.3 Å². The fourth-order valence-electron chi connectivity index (χ4n) is 3.35. The minimum atomic E-state index is -1.28. The molecule has 0 saturated carbocycles. The monoisotopic (exact) mass is 422 g/mol. The fourth-order valence-corrected chi connectivity index (χ4v) is 3.35. The minimum absolute atomic E-state index is 0.0405. The van der Waals surface area contributed by atoms with Gasteiger partial charge in [-0.15, -0.1) is 0 Å². The second kappa shape index (κ2) is 9.03. The number of hydrogen-bond acceptors (Lipinski definition) is 5. The van der Waals surface area contributed by atoms with Crippen molar-refractivity contribution in [2.45, 2.75) is 18.9 Å². The van der Waals surface area contributed by atoms with Crippen molar-refractivity contribution in [3.63, 3.8) is 0 Å². The third-order valence-electron chi connectivity index (χ3n) is 4.98. The summed E-state index contributed by atoms with van der Waals surface area (Å²) in [5.74, 6) is -3.68.